The topological polar surface area (TPSA) is 63.9 Å². The minimum Gasteiger partial charge on any atom is -0.328 e. The van der Waals surface area contributed by atoms with E-state index in [2.05, 4.69) is 19.7 Å². The van der Waals surface area contributed by atoms with Crippen LogP contribution in [0.3, 0.4) is 0 Å². The predicted molar refractivity (Wildman–Crippen MR) is 84.8 cm³/mol. The summed E-state index contributed by atoms with van der Waals surface area (Å²) in [5.74, 6) is 2.10. The Morgan fingerprint density at radius 2 is 2.09 bits per heavy atom. The first-order chi connectivity index (χ1) is 11.3. The summed E-state index contributed by atoms with van der Waals surface area (Å²) in [4.78, 5) is 18.8. The average molecular weight is 311 g/mol. The second-order valence-corrected chi connectivity index (χ2v) is 6.33. The molecule has 6 heteroatoms. The molecule has 2 aromatic heterocycles. The van der Waals surface area contributed by atoms with Crippen molar-refractivity contribution in [3.8, 4) is 0 Å². The van der Waals surface area contributed by atoms with E-state index in [-0.39, 0.29) is 11.9 Å². The molecule has 4 rings (SSSR count). The van der Waals surface area contributed by atoms with Gasteiger partial charge < -0.3 is 9.47 Å². The van der Waals surface area contributed by atoms with Crippen LogP contribution < -0.4 is 0 Å². The third kappa shape index (κ3) is 2.62. The lowest BCUT2D eigenvalue weighted by Crippen LogP contribution is -2.32. The molecule has 23 heavy (non-hydrogen) atoms. The van der Waals surface area contributed by atoms with Gasteiger partial charge in [0.05, 0.1) is 11.6 Å². The largest absolute Gasteiger partial charge is 0.328 e. The molecule has 1 amide bonds. The Balaban J connectivity index is 1.64. The summed E-state index contributed by atoms with van der Waals surface area (Å²) in [5.41, 5.74) is 0.648. The number of aromatic nitrogens is 4. The predicted octanol–water partition coefficient (Wildman–Crippen LogP) is 2.38. The minimum absolute atomic E-state index is 0.0436. The average Bonchev–Trinajstić information content (AvgIpc) is 3.16. The number of hydrogen-bond donors (Lipinski definition) is 0. The Labute approximate surface area is 135 Å². The Morgan fingerprint density at radius 1 is 1.13 bits per heavy atom. The Kier molecular flexibility index (Phi) is 3.81. The van der Waals surface area contributed by atoms with Gasteiger partial charge in [0.25, 0.3) is 5.91 Å². The first-order valence-electron chi connectivity index (χ1n) is 8.47. The summed E-state index contributed by atoms with van der Waals surface area (Å²) in [7, 11) is 0. The van der Waals surface area contributed by atoms with Gasteiger partial charge in [-0.3, -0.25) is 9.78 Å². The highest BCUT2D eigenvalue weighted by molar-refractivity contribution is 5.94. The lowest BCUT2D eigenvalue weighted by molar-refractivity contribution is 0.0726. The highest BCUT2D eigenvalue weighted by atomic mass is 16.2. The summed E-state index contributed by atoms with van der Waals surface area (Å²) in [6.45, 7) is 1.75. The van der Waals surface area contributed by atoms with E-state index in [1.807, 2.05) is 11.0 Å². The Morgan fingerprint density at radius 3 is 2.96 bits per heavy atom. The van der Waals surface area contributed by atoms with Crippen molar-refractivity contribution in [3.63, 3.8) is 0 Å². The Bertz CT molecular complexity index is 696. The maximum absolute atomic E-state index is 12.8. The highest BCUT2D eigenvalue weighted by Crippen LogP contribution is 2.33. The van der Waals surface area contributed by atoms with Crippen molar-refractivity contribution in [3.05, 3.63) is 41.7 Å². The quantitative estimate of drug-likeness (QED) is 0.854. The summed E-state index contributed by atoms with van der Waals surface area (Å²) in [6, 6.07) is 3.68. The van der Waals surface area contributed by atoms with E-state index in [4.69, 9.17) is 0 Å². The number of pyridine rings is 1. The van der Waals surface area contributed by atoms with Crippen LogP contribution in [-0.2, 0) is 13.0 Å². The van der Waals surface area contributed by atoms with Crippen molar-refractivity contribution < 1.29 is 4.79 Å². The zero-order valence-electron chi connectivity index (χ0n) is 13.2. The van der Waals surface area contributed by atoms with Crippen LogP contribution in [0.2, 0.25) is 0 Å². The van der Waals surface area contributed by atoms with Gasteiger partial charge in [-0.15, -0.1) is 10.2 Å². The van der Waals surface area contributed by atoms with Gasteiger partial charge in [0.15, 0.2) is 5.82 Å². The van der Waals surface area contributed by atoms with E-state index < -0.39 is 0 Å². The lowest BCUT2D eigenvalue weighted by atomic mass is 10.2. The SMILES string of the molecule is O=C(c1cccnc1)N1CCC[C@@H]1c1nnc2n1CCCCC2. The van der Waals surface area contributed by atoms with Crippen molar-refractivity contribution >= 4 is 5.91 Å². The first-order valence-corrected chi connectivity index (χ1v) is 8.47. The van der Waals surface area contributed by atoms with Crippen LogP contribution in [-0.4, -0.2) is 37.1 Å². The van der Waals surface area contributed by atoms with Crippen LogP contribution in [0.25, 0.3) is 0 Å². The van der Waals surface area contributed by atoms with Crippen LogP contribution in [0, 0.1) is 0 Å². The van der Waals surface area contributed by atoms with Gasteiger partial charge >= 0.3 is 0 Å². The summed E-state index contributed by atoms with van der Waals surface area (Å²) < 4.78 is 2.26. The number of aryl methyl sites for hydroxylation is 1. The number of rotatable bonds is 2. The normalized spacial score (nSPS) is 21.0. The number of nitrogens with zero attached hydrogens (tertiary/aromatic N) is 5. The zero-order chi connectivity index (χ0) is 15.6. The van der Waals surface area contributed by atoms with E-state index in [0.717, 1.165) is 44.0 Å². The molecule has 2 aliphatic heterocycles. The number of amides is 1. The van der Waals surface area contributed by atoms with Crippen LogP contribution in [0.1, 0.15) is 60.2 Å². The molecule has 0 aromatic carbocycles. The molecule has 0 N–H and O–H groups in total. The van der Waals surface area contributed by atoms with Crippen molar-refractivity contribution in [2.45, 2.75) is 51.1 Å². The molecule has 120 valence electrons. The third-order valence-corrected chi connectivity index (χ3v) is 4.86. The van der Waals surface area contributed by atoms with Crippen LogP contribution >= 0.6 is 0 Å². The fourth-order valence-corrected chi connectivity index (χ4v) is 3.69. The molecule has 0 saturated carbocycles. The second kappa shape index (κ2) is 6.10. The van der Waals surface area contributed by atoms with Gasteiger partial charge in [-0.05, 0) is 37.8 Å². The summed E-state index contributed by atoms with van der Waals surface area (Å²) >= 11 is 0. The maximum Gasteiger partial charge on any atom is 0.256 e. The Hall–Kier alpha value is -2.24. The van der Waals surface area contributed by atoms with Gasteiger partial charge in [-0.25, -0.2) is 0 Å². The molecule has 6 nitrogen and oxygen atoms in total. The number of carbonyl (C=O) groups excluding carboxylic acids is 1. The standard InChI is InChI=1S/C17H21N5O/c23-17(13-6-4-9-18-12-13)21-11-5-7-14(21)16-20-19-15-8-2-1-3-10-22(15)16/h4,6,9,12,14H,1-3,5,7-8,10-11H2/t14-/m1/s1. The van der Waals surface area contributed by atoms with Gasteiger partial charge in [0, 0.05) is 31.9 Å². The van der Waals surface area contributed by atoms with Crippen LogP contribution in [0.15, 0.2) is 24.5 Å². The molecule has 2 aliphatic rings. The summed E-state index contributed by atoms with van der Waals surface area (Å²) in [5, 5.41) is 8.84. The molecular weight excluding hydrogens is 290 g/mol. The van der Waals surface area contributed by atoms with E-state index in [1.165, 1.54) is 19.3 Å². The highest BCUT2D eigenvalue weighted by Gasteiger charge is 2.34. The van der Waals surface area contributed by atoms with Crippen molar-refractivity contribution in [2.24, 2.45) is 0 Å². The molecule has 1 atom stereocenters. The smallest absolute Gasteiger partial charge is 0.256 e. The van der Waals surface area contributed by atoms with E-state index in [1.54, 1.807) is 18.5 Å². The molecule has 0 radical (unpaired) electrons. The molecule has 2 aromatic rings. The van der Waals surface area contributed by atoms with Crippen molar-refractivity contribution in [1.82, 2.24) is 24.6 Å². The number of likely N-dealkylation sites (tertiary alicyclic amines) is 1. The lowest BCUT2D eigenvalue weighted by Gasteiger charge is -2.24. The zero-order valence-corrected chi connectivity index (χ0v) is 13.2. The van der Waals surface area contributed by atoms with E-state index in [9.17, 15) is 4.79 Å². The molecule has 1 saturated heterocycles. The minimum atomic E-state index is 0.0436. The molecule has 0 bridgehead atoms. The number of hydrogen-bond acceptors (Lipinski definition) is 4. The molecule has 0 spiro atoms. The molecule has 0 aliphatic carbocycles. The van der Waals surface area contributed by atoms with Crippen LogP contribution in [0.4, 0.5) is 0 Å². The van der Waals surface area contributed by atoms with Gasteiger partial charge in [-0.1, -0.05) is 6.42 Å². The number of carbonyl (C=O) groups is 1. The van der Waals surface area contributed by atoms with Crippen molar-refractivity contribution in [1.29, 1.82) is 0 Å². The number of fused-ring (bicyclic) bond motifs is 1. The molecule has 0 unspecified atom stereocenters. The fourth-order valence-electron chi connectivity index (χ4n) is 3.69. The van der Waals surface area contributed by atoms with Crippen LogP contribution in [0.5, 0.6) is 0 Å². The third-order valence-electron chi connectivity index (χ3n) is 4.86. The molecule has 1 fully saturated rings. The molecule has 4 heterocycles. The van der Waals surface area contributed by atoms with Gasteiger partial charge in [0.2, 0.25) is 0 Å². The second-order valence-electron chi connectivity index (χ2n) is 6.33. The maximum atomic E-state index is 12.8. The van der Waals surface area contributed by atoms with Gasteiger partial charge in [0.1, 0.15) is 5.82 Å². The molecular formula is C17H21N5O. The summed E-state index contributed by atoms with van der Waals surface area (Å²) in [6.07, 6.45) is 9.90. The van der Waals surface area contributed by atoms with E-state index in [0.29, 0.717) is 5.56 Å². The fraction of sp³-hybridized carbons (Fsp3) is 0.529. The monoisotopic (exact) mass is 311 g/mol. The van der Waals surface area contributed by atoms with E-state index >= 15 is 0 Å². The first kappa shape index (κ1) is 14.4. The van der Waals surface area contributed by atoms with Gasteiger partial charge in [-0.2, -0.15) is 0 Å². The van der Waals surface area contributed by atoms with Crippen molar-refractivity contribution in [2.75, 3.05) is 6.54 Å².